The molecule has 0 aromatic heterocycles. The van der Waals surface area contributed by atoms with Gasteiger partial charge in [-0.25, -0.2) is 9.59 Å². The Kier molecular flexibility index (Phi) is 12.5. The molecule has 2 heterocycles. The van der Waals surface area contributed by atoms with Crippen LogP contribution in [-0.2, 0) is 41.7 Å². The lowest BCUT2D eigenvalue weighted by atomic mass is 9.85. The third-order valence-electron chi connectivity index (χ3n) is 10.5. The van der Waals surface area contributed by atoms with Gasteiger partial charge in [-0.15, -0.1) is 0 Å². The maximum atomic E-state index is 14.5. The van der Waals surface area contributed by atoms with Gasteiger partial charge in [-0.2, -0.15) is 0 Å². The van der Waals surface area contributed by atoms with Crippen LogP contribution in [0.5, 0.6) is 0 Å². The summed E-state index contributed by atoms with van der Waals surface area (Å²) in [6, 6.07) is 2.98. The molecule has 0 radical (unpaired) electrons. The van der Waals surface area contributed by atoms with E-state index in [1.165, 1.54) is 4.90 Å². The highest BCUT2D eigenvalue weighted by Gasteiger charge is 2.47. The molecule has 4 aliphatic rings. The minimum Gasteiger partial charge on any atom is -0.444 e. The van der Waals surface area contributed by atoms with Gasteiger partial charge < -0.3 is 35.8 Å². The maximum Gasteiger partial charge on any atom is 0.410 e. The largest absolute Gasteiger partial charge is 0.444 e. The first-order valence-electron chi connectivity index (χ1n) is 19.2. The van der Waals surface area contributed by atoms with Crippen molar-refractivity contribution in [1.29, 1.82) is 0 Å². The summed E-state index contributed by atoms with van der Waals surface area (Å²) in [4.78, 5) is 97.2. The van der Waals surface area contributed by atoms with Crippen molar-refractivity contribution in [2.75, 3.05) is 13.1 Å². The molecule has 1 unspecified atom stereocenters. The van der Waals surface area contributed by atoms with E-state index in [0.29, 0.717) is 25.9 Å². The van der Waals surface area contributed by atoms with Gasteiger partial charge in [0.1, 0.15) is 18.2 Å². The molecule has 5 atom stereocenters. The molecule has 0 spiro atoms. The molecule has 1 aromatic carbocycles. The molecule has 5 rings (SSSR count). The van der Waals surface area contributed by atoms with Crippen molar-refractivity contribution in [3.05, 3.63) is 35.4 Å². The first-order chi connectivity index (χ1) is 25.1. The third kappa shape index (κ3) is 10.1. The van der Waals surface area contributed by atoms with Crippen LogP contribution in [0.2, 0.25) is 0 Å². The minimum atomic E-state index is -1.17. The lowest BCUT2D eigenvalue weighted by Crippen LogP contribution is -2.61. The summed E-state index contributed by atoms with van der Waals surface area (Å²) in [5.41, 5.74) is 1.33. The zero-order valence-corrected chi connectivity index (χ0v) is 31.9. The van der Waals surface area contributed by atoms with Gasteiger partial charge in [0.15, 0.2) is 5.78 Å². The number of fused-ring (bicyclic) bond motifs is 1. The van der Waals surface area contributed by atoms with Gasteiger partial charge in [-0.3, -0.25) is 24.0 Å². The van der Waals surface area contributed by atoms with E-state index >= 15 is 0 Å². The first kappa shape index (κ1) is 39.7. The normalized spacial score (nSPS) is 21.5. The SMILES string of the molecule is CCCC(NC(=O)[C@@H]1C[C@@H](OC(=O)N2CCc3ccccc3C2)CN1C(=O)[C@@H](NC(=O)N[C@H](C(=O)C1CC1)C(C)C)C(C)(C)C)C(=O)C(=O)NC1CC1. The Morgan fingerprint density at radius 1 is 0.925 bits per heavy atom. The Labute approximate surface area is 311 Å². The number of Topliss-reactive ketones (excluding diaryl/α,β-unsaturated/α-hetero) is 2. The van der Waals surface area contributed by atoms with Crippen molar-refractivity contribution >= 4 is 41.4 Å². The quantitative estimate of drug-likeness (QED) is 0.210. The smallest absolute Gasteiger partial charge is 0.410 e. The number of rotatable bonds is 14. The van der Waals surface area contributed by atoms with Crippen LogP contribution in [0.4, 0.5) is 9.59 Å². The molecule has 0 bridgehead atoms. The molecule has 53 heavy (non-hydrogen) atoms. The van der Waals surface area contributed by atoms with Crippen molar-refractivity contribution in [2.45, 2.75) is 136 Å². The summed E-state index contributed by atoms with van der Waals surface area (Å²) in [6.07, 6.45) is 3.06. The summed E-state index contributed by atoms with van der Waals surface area (Å²) < 4.78 is 5.94. The molecule has 4 N–H and O–H groups in total. The second kappa shape index (κ2) is 16.7. The van der Waals surface area contributed by atoms with Crippen molar-refractivity contribution < 1.29 is 38.3 Å². The lowest BCUT2D eigenvalue weighted by molar-refractivity contribution is -0.144. The topological polar surface area (TPSA) is 183 Å². The molecule has 2 saturated carbocycles. The highest BCUT2D eigenvalue weighted by molar-refractivity contribution is 6.38. The van der Waals surface area contributed by atoms with Crippen LogP contribution in [0.3, 0.4) is 0 Å². The van der Waals surface area contributed by atoms with Crippen molar-refractivity contribution in [2.24, 2.45) is 17.3 Å². The summed E-state index contributed by atoms with van der Waals surface area (Å²) in [6.45, 7) is 11.5. The van der Waals surface area contributed by atoms with E-state index in [-0.39, 0.29) is 43.0 Å². The van der Waals surface area contributed by atoms with Crippen LogP contribution in [0, 0.1) is 17.3 Å². The number of ketones is 2. The maximum absolute atomic E-state index is 14.5. The predicted octanol–water partition coefficient (Wildman–Crippen LogP) is 3.00. The highest BCUT2D eigenvalue weighted by atomic mass is 16.6. The van der Waals surface area contributed by atoms with Crippen LogP contribution in [-0.4, -0.2) is 101 Å². The van der Waals surface area contributed by atoms with Crippen molar-refractivity contribution in [3.63, 3.8) is 0 Å². The number of urea groups is 1. The molecule has 3 fully saturated rings. The number of carbonyl (C=O) groups is 7. The van der Waals surface area contributed by atoms with Gasteiger partial charge >= 0.3 is 12.1 Å². The Morgan fingerprint density at radius 2 is 1.60 bits per heavy atom. The Bertz CT molecular complexity index is 1580. The highest BCUT2D eigenvalue weighted by Crippen LogP contribution is 2.32. The molecule has 6 amide bonds. The zero-order chi connectivity index (χ0) is 38.6. The van der Waals surface area contributed by atoms with E-state index < -0.39 is 71.3 Å². The number of ether oxygens (including phenoxy) is 1. The van der Waals surface area contributed by atoms with E-state index in [9.17, 15) is 33.6 Å². The monoisotopic (exact) mass is 736 g/mol. The third-order valence-corrected chi connectivity index (χ3v) is 10.5. The van der Waals surface area contributed by atoms with Crippen LogP contribution in [0.15, 0.2) is 24.3 Å². The lowest BCUT2D eigenvalue weighted by Gasteiger charge is -2.36. The number of benzene rings is 1. The van der Waals surface area contributed by atoms with Gasteiger partial charge in [0.2, 0.25) is 17.6 Å². The number of hydrogen-bond donors (Lipinski definition) is 4. The molecule has 14 heteroatoms. The molecule has 2 aliphatic carbocycles. The predicted molar refractivity (Wildman–Crippen MR) is 195 cm³/mol. The number of nitrogens with zero attached hydrogens (tertiary/aromatic N) is 2. The van der Waals surface area contributed by atoms with E-state index in [1.807, 2.05) is 45.0 Å². The molecular formula is C39H56N6O8. The van der Waals surface area contributed by atoms with Gasteiger partial charge in [0, 0.05) is 31.5 Å². The van der Waals surface area contributed by atoms with E-state index in [2.05, 4.69) is 21.3 Å². The second-order valence-electron chi connectivity index (χ2n) is 16.5. The van der Waals surface area contributed by atoms with Gasteiger partial charge in [0.25, 0.3) is 5.91 Å². The summed E-state index contributed by atoms with van der Waals surface area (Å²) in [5, 5.41) is 11.0. The zero-order valence-electron chi connectivity index (χ0n) is 31.9. The summed E-state index contributed by atoms with van der Waals surface area (Å²) in [7, 11) is 0. The molecule has 14 nitrogen and oxygen atoms in total. The number of amides is 6. The van der Waals surface area contributed by atoms with E-state index in [0.717, 1.165) is 36.8 Å². The van der Waals surface area contributed by atoms with Gasteiger partial charge in [-0.05, 0) is 61.0 Å². The van der Waals surface area contributed by atoms with Crippen LogP contribution < -0.4 is 21.3 Å². The van der Waals surface area contributed by atoms with Crippen molar-refractivity contribution in [3.8, 4) is 0 Å². The van der Waals surface area contributed by atoms with E-state index in [1.54, 1.807) is 25.7 Å². The fourth-order valence-corrected chi connectivity index (χ4v) is 7.03. The fourth-order valence-electron chi connectivity index (χ4n) is 7.03. The fraction of sp³-hybridized carbons (Fsp3) is 0.667. The number of likely N-dealkylation sites (tertiary alicyclic amines) is 1. The molecule has 2 aliphatic heterocycles. The van der Waals surface area contributed by atoms with Gasteiger partial charge in [-0.1, -0.05) is 72.2 Å². The minimum absolute atomic E-state index is 0.0334. The number of nitrogens with one attached hydrogen (secondary N) is 4. The second-order valence-corrected chi connectivity index (χ2v) is 16.5. The van der Waals surface area contributed by atoms with Crippen LogP contribution >= 0.6 is 0 Å². The Balaban J connectivity index is 1.34. The Morgan fingerprint density at radius 3 is 2.21 bits per heavy atom. The van der Waals surface area contributed by atoms with Crippen LogP contribution in [0.25, 0.3) is 0 Å². The first-order valence-corrected chi connectivity index (χ1v) is 19.2. The summed E-state index contributed by atoms with van der Waals surface area (Å²) >= 11 is 0. The molecule has 290 valence electrons. The summed E-state index contributed by atoms with van der Waals surface area (Å²) in [5.74, 6) is -3.05. The molecular weight excluding hydrogens is 680 g/mol. The molecule has 1 aromatic rings. The van der Waals surface area contributed by atoms with E-state index in [4.69, 9.17) is 4.74 Å². The Hall–Kier alpha value is -4.49. The van der Waals surface area contributed by atoms with Crippen molar-refractivity contribution in [1.82, 2.24) is 31.1 Å². The van der Waals surface area contributed by atoms with Gasteiger partial charge in [0.05, 0.1) is 18.6 Å². The number of hydrogen-bond acceptors (Lipinski definition) is 8. The van der Waals surface area contributed by atoms with Crippen LogP contribution in [0.1, 0.15) is 97.6 Å². The molecule has 1 saturated heterocycles. The standard InChI is InChI=1S/C39H56N6O8/c1-7-10-28(32(47)35(49)40-26-15-16-26)41-34(48)29-19-27(53-38(52)44-18-17-23-11-8-9-12-25(23)20-44)21-45(29)36(50)33(39(4,5)6)43-37(51)42-30(22(2)3)31(46)24-13-14-24/h8-9,11-12,22,24,26-30,33H,7,10,13-21H2,1-6H3,(H,40,49)(H,41,48)(H2,42,43,51)/t27-,28?,29+,30+,33-/m1/s1. The average Bonchev–Trinajstić information content (AvgIpc) is 4.06. The average molecular weight is 737 g/mol. The number of carbonyl (C=O) groups excluding carboxylic acids is 7.